The van der Waals surface area contributed by atoms with Crippen molar-refractivity contribution in [2.45, 2.75) is 26.8 Å². The molecule has 0 heterocycles. The number of carbonyl (C=O) groups excluding carboxylic acids is 1. The first-order chi connectivity index (χ1) is 11.8. The molecule has 0 unspecified atom stereocenters. The van der Waals surface area contributed by atoms with Crippen LogP contribution in [0.3, 0.4) is 0 Å². The summed E-state index contributed by atoms with van der Waals surface area (Å²) in [5.41, 5.74) is 3.56. The third-order valence-corrected chi connectivity index (χ3v) is 3.13. The van der Waals surface area contributed by atoms with E-state index in [1.54, 1.807) is 32.4 Å². The molecule has 1 aromatic rings. The molecule has 8 heteroatoms. The summed E-state index contributed by atoms with van der Waals surface area (Å²) < 4.78 is 11.1. The average molecular weight is 366 g/mol. The number of amides is 1. The van der Waals surface area contributed by atoms with Crippen molar-refractivity contribution < 1.29 is 14.3 Å². The Kier molecular flexibility index (Phi) is 8.69. The Balaban J connectivity index is 2.75. The zero-order valence-corrected chi connectivity index (χ0v) is 16.1. The van der Waals surface area contributed by atoms with Crippen LogP contribution in [0.15, 0.2) is 23.3 Å². The molecule has 1 amide bonds. The second-order valence-corrected chi connectivity index (χ2v) is 6.12. The molecule has 0 aromatic heterocycles. The molecule has 25 heavy (non-hydrogen) atoms. The molecule has 0 aliphatic rings. The van der Waals surface area contributed by atoms with Crippen molar-refractivity contribution in [1.82, 2.24) is 15.6 Å². The van der Waals surface area contributed by atoms with Crippen LogP contribution in [0.4, 0.5) is 0 Å². The monoisotopic (exact) mass is 366 g/mol. The van der Waals surface area contributed by atoms with E-state index in [2.05, 4.69) is 15.8 Å². The number of nitrogens with one attached hydrogen (secondary N) is 2. The number of hydrogen-bond acceptors (Lipinski definition) is 5. The van der Waals surface area contributed by atoms with E-state index in [1.807, 2.05) is 26.8 Å². The standard InChI is InChI=1S/C17H26N4O3S/c1-6-23-15-9-13(10-18-20-17(25)19-12(2)3)7-8-14(15)24-11-16(22)21(4)5/h7-10,12H,6,11H2,1-5H3,(H2,19,20,25). The van der Waals surface area contributed by atoms with E-state index in [0.717, 1.165) is 5.56 Å². The maximum Gasteiger partial charge on any atom is 0.259 e. The quantitative estimate of drug-likeness (QED) is 0.415. The number of nitrogens with zero attached hydrogens (tertiary/aromatic N) is 2. The minimum Gasteiger partial charge on any atom is -0.490 e. The largest absolute Gasteiger partial charge is 0.490 e. The van der Waals surface area contributed by atoms with E-state index in [1.165, 1.54) is 4.90 Å². The normalized spacial score (nSPS) is 10.6. The zero-order valence-electron chi connectivity index (χ0n) is 15.3. The Morgan fingerprint density at radius 2 is 2.04 bits per heavy atom. The summed E-state index contributed by atoms with van der Waals surface area (Å²) in [7, 11) is 3.36. The number of hydrogen-bond donors (Lipinski definition) is 2. The van der Waals surface area contributed by atoms with Crippen LogP contribution >= 0.6 is 12.2 Å². The zero-order chi connectivity index (χ0) is 18.8. The van der Waals surface area contributed by atoms with Gasteiger partial charge in [0.05, 0.1) is 12.8 Å². The van der Waals surface area contributed by atoms with E-state index in [0.29, 0.717) is 23.2 Å². The number of thiocarbonyl (C=S) groups is 1. The van der Waals surface area contributed by atoms with Crippen LogP contribution in [-0.4, -0.2) is 55.5 Å². The van der Waals surface area contributed by atoms with E-state index >= 15 is 0 Å². The molecule has 0 fully saturated rings. The van der Waals surface area contributed by atoms with Gasteiger partial charge in [-0.05, 0) is 56.8 Å². The van der Waals surface area contributed by atoms with Gasteiger partial charge in [0.1, 0.15) is 0 Å². The lowest BCUT2D eigenvalue weighted by Crippen LogP contribution is -2.36. The van der Waals surface area contributed by atoms with Crippen LogP contribution in [0, 0.1) is 0 Å². The molecule has 0 radical (unpaired) electrons. The first-order valence-corrected chi connectivity index (χ1v) is 8.43. The van der Waals surface area contributed by atoms with Crippen LogP contribution in [0.1, 0.15) is 26.3 Å². The van der Waals surface area contributed by atoms with Gasteiger partial charge in [0.25, 0.3) is 5.91 Å². The summed E-state index contributed by atoms with van der Waals surface area (Å²) in [6, 6.07) is 5.60. The van der Waals surface area contributed by atoms with E-state index in [4.69, 9.17) is 21.7 Å². The Hall–Kier alpha value is -2.35. The Morgan fingerprint density at radius 3 is 2.64 bits per heavy atom. The van der Waals surface area contributed by atoms with Gasteiger partial charge in [-0.1, -0.05) is 0 Å². The van der Waals surface area contributed by atoms with Crippen molar-refractivity contribution in [3.05, 3.63) is 23.8 Å². The van der Waals surface area contributed by atoms with Gasteiger partial charge in [-0.15, -0.1) is 0 Å². The van der Waals surface area contributed by atoms with Gasteiger partial charge < -0.3 is 19.7 Å². The summed E-state index contributed by atoms with van der Waals surface area (Å²) in [6.07, 6.45) is 1.63. The lowest BCUT2D eigenvalue weighted by molar-refractivity contribution is -0.130. The van der Waals surface area contributed by atoms with Gasteiger partial charge in [0.2, 0.25) is 0 Å². The lowest BCUT2D eigenvalue weighted by atomic mass is 10.2. The van der Waals surface area contributed by atoms with Crippen molar-refractivity contribution in [2.75, 3.05) is 27.3 Å². The van der Waals surface area contributed by atoms with Gasteiger partial charge in [-0.3, -0.25) is 10.2 Å². The number of rotatable bonds is 8. The second-order valence-electron chi connectivity index (χ2n) is 5.71. The minimum absolute atomic E-state index is 0.0444. The van der Waals surface area contributed by atoms with Crippen LogP contribution in [-0.2, 0) is 4.79 Å². The van der Waals surface area contributed by atoms with Gasteiger partial charge >= 0.3 is 0 Å². The Labute approximate surface area is 154 Å². The van der Waals surface area contributed by atoms with Gasteiger partial charge in [0.15, 0.2) is 23.2 Å². The fourth-order valence-electron chi connectivity index (χ4n) is 1.72. The third-order valence-electron chi connectivity index (χ3n) is 2.92. The summed E-state index contributed by atoms with van der Waals surface area (Å²) in [4.78, 5) is 13.1. The summed E-state index contributed by atoms with van der Waals surface area (Å²) in [6.45, 7) is 6.31. The summed E-state index contributed by atoms with van der Waals surface area (Å²) >= 11 is 5.10. The van der Waals surface area contributed by atoms with Crippen molar-refractivity contribution >= 4 is 29.5 Å². The number of ether oxygens (including phenoxy) is 2. The van der Waals surface area contributed by atoms with Crippen LogP contribution < -0.4 is 20.2 Å². The highest BCUT2D eigenvalue weighted by Crippen LogP contribution is 2.28. The van der Waals surface area contributed by atoms with E-state index in [9.17, 15) is 4.79 Å². The second kappa shape index (κ2) is 10.5. The highest BCUT2D eigenvalue weighted by atomic mass is 32.1. The molecule has 2 N–H and O–H groups in total. The first-order valence-electron chi connectivity index (χ1n) is 8.02. The topological polar surface area (TPSA) is 75.2 Å². The van der Waals surface area contributed by atoms with Crippen LogP contribution in [0.2, 0.25) is 0 Å². The van der Waals surface area contributed by atoms with Gasteiger partial charge in [0, 0.05) is 20.1 Å². The molecule has 1 rings (SSSR count). The van der Waals surface area contributed by atoms with Gasteiger partial charge in [-0.2, -0.15) is 5.10 Å². The molecule has 0 aliphatic heterocycles. The predicted molar refractivity (Wildman–Crippen MR) is 103 cm³/mol. The molecular weight excluding hydrogens is 340 g/mol. The van der Waals surface area contributed by atoms with Crippen LogP contribution in [0.25, 0.3) is 0 Å². The predicted octanol–water partition coefficient (Wildman–Crippen LogP) is 1.76. The Morgan fingerprint density at radius 1 is 1.32 bits per heavy atom. The number of benzene rings is 1. The number of likely N-dealkylation sites (N-methyl/N-ethyl adjacent to an activating group) is 1. The van der Waals surface area contributed by atoms with Gasteiger partial charge in [-0.25, -0.2) is 0 Å². The molecule has 0 spiro atoms. The van der Waals surface area contributed by atoms with Crippen LogP contribution in [0.5, 0.6) is 11.5 Å². The molecule has 0 atom stereocenters. The Bertz CT molecular complexity index is 618. The van der Waals surface area contributed by atoms with Crippen molar-refractivity contribution in [3.63, 3.8) is 0 Å². The number of hydrazone groups is 1. The summed E-state index contributed by atoms with van der Waals surface area (Å²) in [5.74, 6) is 0.948. The smallest absolute Gasteiger partial charge is 0.259 e. The maximum atomic E-state index is 11.6. The number of carbonyl (C=O) groups is 1. The lowest BCUT2D eigenvalue weighted by Gasteiger charge is -2.14. The SMILES string of the molecule is CCOc1cc(C=NNC(=S)NC(C)C)ccc1OCC(=O)N(C)C. The molecule has 0 aliphatic carbocycles. The van der Waals surface area contributed by atoms with Crippen molar-refractivity contribution in [2.24, 2.45) is 5.10 Å². The minimum atomic E-state index is -0.122. The molecule has 0 bridgehead atoms. The maximum absolute atomic E-state index is 11.6. The van der Waals surface area contributed by atoms with E-state index in [-0.39, 0.29) is 18.6 Å². The fourth-order valence-corrected chi connectivity index (χ4v) is 2.01. The summed E-state index contributed by atoms with van der Waals surface area (Å²) in [5, 5.41) is 7.58. The highest BCUT2D eigenvalue weighted by molar-refractivity contribution is 7.80. The van der Waals surface area contributed by atoms with Crippen molar-refractivity contribution in [1.29, 1.82) is 0 Å². The fraction of sp³-hybridized carbons (Fsp3) is 0.471. The first kappa shape index (κ1) is 20.7. The van der Waals surface area contributed by atoms with E-state index < -0.39 is 0 Å². The third kappa shape index (κ3) is 7.84. The average Bonchev–Trinajstić information content (AvgIpc) is 2.53. The molecule has 0 saturated carbocycles. The van der Waals surface area contributed by atoms with Crippen molar-refractivity contribution in [3.8, 4) is 11.5 Å². The highest BCUT2D eigenvalue weighted by Gasteiger charge is 2.10. The molecular formula is C17H26N4O3S. The molecule has 138 valence electrons. The molecule has 1 aromatic carbocycles. The molecule has 7 nitrogen and oxygen atoms in total. The molecule has 0 saturated heterocycles.